The molecule has 2 rings (SSSR count). The molecule has 20 heavy (non-hydrogen) atoms. The van der Waals surface area contributed by atoms with Crippen LogP contribution in [0.3, 0.4) is 0 Å². The van der Waals surface area contributed by atoms with Crippen LogP contribution in [0.15, 0.2) is 0 Å². The van der Waals surface area contributed by atoms with Crippen molar-refractivity contribution in [3.8, 4) is 0 Å². The van der Waals surface area contributed by atoms with Gasteiger partial charge < -0.3 is 10.4 Å². The van der Waals surface area contributed by atoms with Gasteiger partial charge in [0, 0.05) is 24.8 Å². The first-order chi connectivity index (χ1) is 9.41. The van der Waals surface area contributed by atoms with Gasteiger partial charge in [-0.3, -0.25) is 9.48 Å². The lowest BCUT2D eigenvalue weighted by molar-refractivity contribution is -0.122. The summed E-state index contributed by atoms with van der Waals surface area (Å²) in [6.45, 7) is 4.26. The molecule has 1 aliphatic carbocycles. The summed E-state index contributed by atoms with van der Waals surface area (Å²) in [5.41, 5.74) is 2.21. The lowest BCUT2D eigenvalue weighted by Gasteiger charge is -2.32. The van der Waals surface area contributed by atoms with Gasteiger partial charge in [-0.25, -0.2) is 0 Å². The van der Waals surface area contributed by atoms with Crippen molar-refractivity contribution in [2.45, 2.75) is 58.0 Å². The van der Waals surface area contributed by atoms with Crippen molar-refractivity contribution in [2.75, 3.05) is 6.54 Å². The molecular weight excluding hydrogens is 254 g/mol. The molecule has 0 aliphatic heterocycles. The second kappa shape index (κ2) is 5.95. The number of nitrogens with zero attached hydrogens (tertiary/aromatic N) is 2. The highest BCUT2D eigenvalue weighted by Gasteiger charge is 2.29. The third kappa shape index (κ3) is 3.39. The summed E-state index contributed by atoms with van der Waals surface area (Å²) in [5.74, 6) is -0.0387. The first kappa shape index (κ1) is 15.0. The summed E-state index contributed by atoms with van der Waals surface area (Å²) in [6, 6.07) is 0. The molecule has 2 N–H and O–H groups in total. The Morgan fingerprint density at radius 3 is 2.55 bits per heavy atom. The van der Waals surface area contributed by atoms with Gasteiger partial charge in [0.2, 0.25) is 5.91 Å². The first-order valence-corrected chi connectivity index (χ1v) is 7.39. The van der Waals surface area contributed by atoms with E-state index in [-0.39, 0.29) is 5.91 Å². The largest absolute Gasteiger partial charge is 0.388 e. The molecule has 1 heterocycles. The Hall–Kier alpha value is -1.36. The maximum Gasteiger partial charge on any atom is 0.224 e. The first-order valence-electron chi connectivity index (χ1n) is 7.39. The number of hydrogen-bond acceptors (Lipinski definition) is 3. The summed E-state index contributed by atoms with van der Waals surface area (Å²) in [5, 5.41) is 17.6. The molecule has 1 aromatic heterocycles. The quantitative estimate of drug-likeness (QED) is 0.875. The minimum atomic E-state index is -0.701. The molecule has 1 fully saturated rings. The van der Waals surface area contributed by atoms with Crippen LogP contribution in [0.4, 0.5) is 0 Å². The van der Waals surface area contributed by atoms with Crippen LogP contribution in [0, 0.1) is 13.8 Å². The predicted octanol–water partition coefficient (Wildman–Crippen LogP) is 1.39. The van der Waals surface area contributed by atoms with E-state index in [0.717, 1.165) is 42.6 Å². The Morgan fingerprint density at radius 1 is 1.35 bits per heavy atom. The number of carbonyl (C=O) groups is 1. The normalized spacial score (nSPS) is 18.0. The van der Waals surface area contributed by atoms with E-state index in [2.05, 4.69) is 10.4 Å². The van der Waals surface area contributed by atoms with Crippen molar-refractivity contribution >= 4 is 5.91 Å². The zero-order valence-corrected chi connectivity index (χ0v) is 12.7. The van der Waals surface area contributed by atoms with Gasteiger partial charge >= 0.3 is 0 Å². The molecule has 0 bridgehead atoms. The third-order valence-electron chi connectivity index (χ3n) is 4.40. The second-order valence-electron chi connectivity index (χ2n) is 6.01. The van der Waals surface area contributed by atoms with Gasteiger partial charge in [-0.2, -0.15) is 5.10 Å². The average molecular weight is 279 g/mol. The van der Waals surface area contributed by atoms with Crippen LogP contribution in [0.1, 0.15) is 49.1 Å². The number of aryl methyl sites for hydroxylation is 2. The number of aromatic nitrogens is 2. The van der Waals surface area contributed by atoms with Gasteiger partial charge in [0.15, 0.2) is 0 Å². The monoisotopic (exact) mass is 279 g/mol. The van der Waals surface area contributed by atoms with Crippen molar-refractivity contribution < 1.29 is 9.90 Å². The van der Waals surface area contributed by atoms with E-state index in [0.29, 0.717) is 13.0 Å². The molecule has 1 amide bonds. The molecular formula is C15H25N3O2. The Balaban J connectivity index is 1.89. The molecule has 112 valence electrons. The lowest BCUT2D eigenvalue weighted by atomic mass is 9.85. The van der Waals surface area contributed by atoms with Gasteiger partial charge in [-0.1, -0.05) is 19.3 Å². The highest BCUT2D eigenvalue weighted by atomic mass is 16.3. The minimum Gasteiger partial charge on any atom is -0.388 e. The lowest BCUT2D eigenvalue weighted by Crippen LogP contribution is -2.44. The summed E-state index contributed by atoms with van der Waals surface area (Å²) >= 11 is 0. The summed E-state index contributed by atoms with van der Waals surface area (Å²) in [7, 11) is 1.88. The van der Waals surface area contributed by atoms with Crippen LogP contribution in [0.5, 0.6) is 0 Å². The molecule has 0 unspecified atom stereocenters. The molecule has 1 aliphatic rings. The predicted molar refractivity (Wildman–Crippen MR) is 77.4 cm³/mol. The number of carbonyl (C=O) groups excluding carboxylic acids is 1. The molecule has 0 spiro atoms. The maximum atomic E-state index is 12.1. The Labute approximate surface area is 120 Å². The van der Waals surface area contributed by atoms with Crippen LogP contribution in [0.25, 0.3) is 0 Å². The molecule has 5 nitrogen and oxygen atoms in total. The van der Waals surface area contributed by atoms with Crippen molar-refractivity contribution in [3.05, 3.63) is 17.0 Å². The highest BCUT2D eigenvalue weighted by Crippen LogP contribution is 2.27. The number of rotatable bonds is 4. The van der Waals surface area contributed by atoms with Gasteiger partial charge in [0.05, 0.1) is 17.7 Å². The maximum absolute atomic E-state index is 12.1. The van der Waals surface area contributed by atoms with Crippen LogP contribution in [-0.2, 0) is 18.3 Å². The van der Waals surface area contributed by atoms with E-state index >= 15 is 0 Å². The van der Waals surface area contributed by atoms with E-state index in [1.165, 1.54) is 6.42 Å². The molecule has 1 saturated carbocycles. The SMILES string of the molecule is Cc1nn(C)c(C)c1CC(=O)NCC1(O)CCCCC1. The van der Waals surface area contributed by atoms with Crippen LogP contribution < -0.4 is 5.32 Å². The number of aliphatic hydroxyl groups is 1. The smallest absolute Gasteiger partial charge is 0.224 e. The zero-order chi connectivity index (χ0) is 14.8. The van der Waals surface area contributed by atoms with Gasteiger partial charge in [0.25, 0.3) is 0 Å². The summed E-state index contributed by atoms with van der Waals surface area (Å²) < 4.78 is 1.80. The third-order valence-corrected chi connectivity index (χ3v) is 4.40. The van der Waals surface area contributed by atoms with Crippen LogP contribution in [0.2, 0.25) is 0 Å². The fourth-order valence-corrected chi connectivity index (χ4v) is 2.95. The van der Waals surface area contributed by atoms with Crippen molar-refractivity contribution in [3.63, 3.8) is 0 Å². The summed E-state index contributed by atoms with van der Waals surface area (Å²) in [4.78, 5) is 12.1. The van der Waals surface area contributed by atoms with E-state index in [1.807, 2.05) is 20.9 Å². The molecule has 1 aromatic rings. The molecule has 0 saturated heterocycles. The Morgan fingerprint density at radius 2 is 2.00 bits per heavy atom. The standard InChI is InChI=1S/C15H25N3O2/c1-11-13(12(2)18(3)17-11)9-14(19)16-10-15(20)7-5-4-6-8-15/h20H,4-10H2,1-3H3,(H,16,19). The fourth-order valence-electron chi connectivity index (χ4n) is 2.95. The Bertz CT molecular complexity index is 488. The minimum absolute atomic E-state index is 0.0387. The number of nitrogens with one attached hydrogen (secondary N) is 1. The van der Waals surface area contributed by atoms with E-state index < -0.39 is 5.60 Å². The Kier molecular flexibility index (Phi) is 4.48. The molecule has 0 atom stereocenters. The number of hydrogen-bond donors (Lipinski definition) is 2. The highest BCUT2D eigenvalue weighted by molar-refractivity contribution is 5.79. The average Bonchev–Trinajstić information content (AvgIpc) is 2.64. The van der Waals surface area contributed by atoms with Gasteiger partial charge in [-0.15, -0.1) is 0 Å². The summed E-state index contributed by atoms with van der Waals surface area (Å²) in [6.07, 6.45) is 5.20. The fraction of sp³-hybridized carbons (Fsp3) is 0.733. The number of amides is 1. The van der Waals surface area contributed by atoms with Crippen LogP contribution >= 0.6 is 0 Å². The molecule has 5 heteroatoms. The second-order valence-corrected chi connectivity index (χ2v) is 6.01. The van der Waals surface area contributed by atoms with E-state index in [1.54, 1.807) is 4.68 Å². The van der Waals surface area contributed by atoms with E-state index in [9.17, 15) is 9.90 Å². The van der Waals surface area contributed by atoms with Crippen molar-refractivity contribution in [1.29, 1.82) is 0 Å². The zero-order valence-electron chi connectivity index (χ0n) is 12.7. The van der Waals surface area contributed by atoms with Gasteiger partial charge in [0.1, 0.15) is 0 Å². The topological polar surface area (TPSA) is 67.2 Å². The van der Waals surface area contributed by atoms with E-state index in [4.69, 9.17) is 0 Å². The van der Waals surface area contributed by atoms with Crippen molar-refractivity contribution in [1.82, 2.24) is 15.1 Å². The van der Waals surface area contributed by atoms with Crippen molar-refractivity contribution in [2.24, 2.45) is 7.05 Å². The van der Waals surface area contributed by atoms with Gasteiger partial charge in [-0.05, 0) is 26.7 Å². The molecule has 0 aromatic carbocycles. The van der Waals surface area contributed by atoms with Crippen LogP contribution in [-0.4, -0.2) is 32.9 Å². The molecule has 0 radical (unpaired) electrons.